The summed E-state index contributed by atoms with van der Waals surface area (Å²) in [6.45, 7) is 0. The summed E-state index contributed by atoms with van der Waals surface area (Å²) in [7, 11) is 0. The van der Waals surface area contributed by atoms with E-state index in [-0.39, 0.29) is 24.4 Å². The molecule has 4 heteroatoms. The van der Waals surface area contributed by atoms with Crippen LogP contribution in [0.4, 0.5) is 0 Å². The predicted molar refractivity (Wildman–Crippen MR) is 47.0 cm³/mol. The number of rotatable bonds is 5. The molecule has 0 radical (unpaired) electrons. The van der Waals surface area contributed by atoms with Crippen molar-refractivity contribution < 1.29 is 9.59 Å². The zero-order chi connectivity index (χ0) is 7.98. The third kappa shape index (κ3) is 3.95. The lowest BCUT2D eigenvalue weighted by atomic mass is 10.2. The summed E-state index contributed by atoms with van der Waals surface area (Å²) in [4.78, 5) is 21.4. The maximum atomic E-state index is 10.7. The van der Waals surface area contributed by atoms with Gasteiger partial charge in [0, 0.05) is 12.8 Å². The van der Waals surface area contributed by atoms with Crippen LogP contribution in [0, 0.1) is 0 Å². The summed E-state index contributed by atoms with van der Waals surface area (Å²) in [5.41, 5.74) is 0. The molecule has 0 fully saturated rings. The Balaban J connectivity index is 3.60. The van der Waals surface area contributed by atoms with Gasteiger partial charge in [0.1, 0.15) is 0 Å². The topological polar surface area (TPSA) is 34.1 Å². The van der Waals surface area contributed by atoms with Crippen LogP contribution in [0.15, 0.2) is 0 Å². The van der Waals surface area contributed by atoms with Crippen LogP contribution in [-0.2, 0) is 9.59 Å². The van der Waals surface area contributed by atoms with Crippen molar-refractivity contribution in [2.24, 2.45) is 0 Å². The van der Waals surface area contributed by atoms with Gasteiger partial charge in [-0.05, 0) is 11.5 Å². The van der Waals surface area contributed by atoms with Crippen LogP contribution in [0.25, 0.3) is 0 Å². The average molecular weight is 178 g/mol. The molecule has 0 spiro atoms. The lowest BCUT2D eigenvalue weighted by molar-refractivity contribution is -0.136. The number of carbonyl (C=O) groups is 2. The van der Waals surface area contributed by atoms with Gasteiger partial charge in [-0.1, -0.05) is 0 Å². The Kier molecular flexibility index (Phi) is 5.82. The lowest BCUT2D eigenvalue weighted by Crippen LogP contribution is -2.14. The maximum Gasteiger partial charge on any atom is 0.199 e. The third-order valence-corrected chi connectivity index (χ3v) is 1.44. The molecule has 0 N–H and O–H groups in total. The largest absolute Gasteiger partial charge is 0.291 e. The molecule has 0 aliphatic heterocycles. The minimum absolute atomic E-state index is 0.246. The Morgan fingerprint density at radius 1 is 0.900 bits per heavy atom. The summed E-state index contributed by atoms with van der Waals surface area (Å²) in [5.74, 6) is 0.224. The minimum atomic E-state index is -0.330. The highest BCUT2D eigenvalue weighted by Crippen LogP contribution is 1.93. The molecule has 0 saturated carbocycles. The molecule has 10 heavy (non-hydrogen) atoms. The normalized spacial score (nSPS) is 9.40. The van der Waals surface area contributed by atoms with Gasteiger partial charge < -0.3 is 0 Å². The summed E-state index contributed by atoms with van der Waals surface area (Å²) >= 11 is 7.66. The van der Waals surface area contributed by atoms with Gasteiger partial charge in [-0.3, -0.25) is 9.59 Å². The molecule has 0 rings (SSSR count). The van der Waals surface area contributed by atoms with Crippen LogP contribution < -0.4 is 0 Å². The van der Waals surface area contributed by atoms with E-state index in [9.17, 15) is 9.59 Å². The fraction of sp³-hybridized carbons (Fsp3) is 0.667. The molecule has 0 aromatic carbocycles. The van der Waals surface area contributed by atoms with E-state index >= 15 is 0 Å². The molecule has 0 unspecified atom stereocenters. The Bertz CT molecular complexity index is 118. The van der Waals surface area contributed by atoms with Gasteiger partial charge in [-0.15, -0.1) is 0 Å². The molecule has 0 aliphatic carbocycles. The highest BCUT2D eigenvalue weighted by molar-refractivity contribution is 7.80. The SMILES string of the molecule is O=C(CCS)C(=O)CCS. The first kappa shape index (κ1) is 10.0. The third-order valence-electron chi connectivity index (χ3n) is 0.989. The van der Waals surface area contributed by atoms with E-state index in [4.69, 9.17) is 0 Å². The van der Waals surface area contributed by atoms with E-state index in [0.717, 1.165) is 0 Å². The first-order valence-corrected chi connectivity index (χ1v) is 4.26. The van der Waals surface area contributed by atoms with Crippen molar-refractivity contribution in [1.82, 2.24) is 0 Å². The van der Waals surface area contributed by atoms with Gasteiger partial charge in [0.25, 0.3) is 0 Å². The number of thiol groups is 2. The highest BCUT2D eigenvalue weighted by Gasteiger charge is 2.10. The van der Waals surface area contributed by atoms with Crippen LogP contribution in [0.5, 0.6) is 0 Å². The van der Waals surface area contributed by atoms with E-state index in [2.05, 4.69) is 25.3 Å². The van der Waals surface area contributed by atoms with Crippen molar-refractivity contribution in [2.75, 3.05) is 11.5 Å². The average Bonchev–Trinajstić information content (AvgIpc) is 1.89. The van der Waals surface area contributed by atoms with Crippen molar-refractivity contribution in [3.05, 3.63) is 0 Å². The summed E-state index contributed by atoms with van der Waals surface area (Å²) in [6, 6.07) is 0. The molecule has 0 saturated heterocycles. The second kappa shape index (κ2) is 5.80. The Morgan fingerprint density at radius 3 is 1.40 bits per heavy atom. The van der Waals surface area contributed by atoms with Crippen LogP contribution in [0.2, 0.25) is 0 Å². The number of hydrogen-bond donors (Lipinski definition) is 2. The van der Waals surface area contributed by atoms with Crippen molar-refractivity contribution >= 4 is 36.8 Å². The summed E-state index contributed by atoms with van der Waals surface area (Å²) < 4.78 is 0. The van der Waals surface area contributed by atoms with Crippen molar-refractivity contribution in [3.8, 4) is 0 Å². The van der Waals surface area contributed by atoms with E-state index in [1.165, 1.54) is 0 Å². The highest BCUT2D eigenvalue weighted by atomic mass is 32.1. The first-order chi connectivity index (χ1) is 4.72. The lowest BCUT2D eigenvalue weighted by Gasteiger charge is -1.93. The molecule has 0 bridgehead atoms. The molecule has 0 heterocycles. The van der Waals surface area contributed by atoms with Crippen molar-refractivity contribution in [1.29, 1.82) is 0 Å². The zero-order valence-electron chi connectivity index (χ0n) is 5.54. The van der Waals surface area contributed by atoms with Crippen LogP contribution in [0.3, 0.4) is 0 Å². The van der Waals surface area contributed by atoms with Crippen molar-refractivity contribution in [3.63, 3.8) is 0 Å². The fourth-order valence-corrected chi connectivity index (χ4v) is 0.888. The van der Waals surface area contributed by atoms with Gasteiger partial charge in [-0.2, -0.15) is 25.3 Å². The van der Waals surface area contributed by atoms with Gasteiger partial charge >= 0.3 is 0 Å². The molecular formula is C6H10O2S2. The van der Waals surface area contributed by atoms with Gasteiger partial charge in [0.05, 0.1) is 0 Å². The second-order valence-corrected chi connectivity index (χ2v) is 2.69. The number of hydrogen-bond acceptors (Lipinski definition) is 4. The smallest absolute Gasteiger partial charge is 0.199 e. The molecular weight excluding hydrogens is 168 g/mol. The molecule has 2 nitrogen and oxygen atoms in total. The van der Waals surface area contributed by atoms with Gasteiger partial charge in [0.2, 0.25) is 0 Å². The number of ketones is 2. The Morgan fingerprint density at radius 2 is 1.20 bits per heavy atom. The van der Waals surface area contributed by atoms with E-state index in [0.29, 0.717) is 11.5 Å². The predicted octanol–water partition coefficient (Wildman–Crippen LogP) is 0.764. The number of carbonyl (C=O) groups excluding carboxylic acids is 2. The van der Waals surface area contributed by atoms with Gasteiger partial charge in [0.15, 0.2) is 11.6 Å². The molecule has 58 valence electrons. The Hall–Kier alpha value is 0.0400. The summed E-state index contributed by atoms with van der Waals surface area (Å²) in [6.07, 6.45) is 0.492. The standard InChI is InChI=1S/C6H10O2S2/c7-5(1-3-9)6(8)2-4-10/h9-10H,1-4H2. The van der Waals surface area contributed by atoms with Crippen LogP contribution in [-0.4, -0.2) is 23.1 Å². The maximum absolute atomic E-state index is 10.7. The monoisotopic (exact) mass is 178 g/mol. The minimum Gasteiger partial charge on any atom is -0.291 e. The molecule has 0 atom stereocenters. The Labute approximate surface area is 71.2 Å². The first-order valence-electron chi connectivity index (χ1n) is 3.00. The van der Waals surface area contributed by atoms with Crippen LogP contribution >= 0.6 is 25.3 Å². The molecule has 0 aromatic heterocycles. The number of Topliss-reactive ketones (excluding diaryl/α,β-unsaturated/α-hetero) is 2. The molecule has 0 aliphatic rings. The van der Waals surface area contributed by atoms with E-state index in [1.807, 2.05) is 0 Å². The second-order valence-electron chi connectivity index (χ2n) is 1.79. The van der Waals surface area contributed by atoms with Gasteiger partial charge in [-0.25, -0.2) is 0 Å². The van der Waals surface area contributed by atoms with E-state index < -0.39 is 0 Å². The van der Waals surface area contributed by atoms with Crippen molar-refractivity contribution in [2.45, 2.75) is 12.8 Å². The molecule has 0 aromatic rings. The molecule has 0 amide bonds. The fourth-order valence-electron chi connectivity index (χ4n) is 0.482. The summed E-state index contributed by atoms with van der Waals surface area (Å²) in [5, 5.41) is 0. The zero-order valence-corrected chi connectivity index (χ0v) is 7.33. The van der Waals surface area contributed by atoms with E-state index in [1.54, 1.807) is 0 Å². The quantitative estimate of drug-likeness (QED) is 0.481. The van der Waals surface area contributed by atoms with Crippen LogP contribution in [0.1, 0.15) is 12.8 Å².